The number of amides is 1. The Morgan fingerprint density at radius 3 is 2.38 bits per heavy atom. The van der Waals surface area contributed by atoms with Gasteiger partial charge in [-0.3, -0.25) is 4.79 Å². The van der Waals surface area contributed by atoms with Crippen LogP contribution in [-0.2, 0) is 14.3 Å². The van der Waals surface area contributed by atoms with E-state index in [-0.39, 0.29) is 12.5 Å². The lowest BCUT2D eigenvalue weighted by atomic mass is 10.2. The van der Waals surface area contributed by atoms with Gasteiger partial charge in [0.25, 0.3) is 0 Å². The first-order chi connectivity index (χ1) is 7.51. The zero-order valence-corrected chi connectivity index (χ0v) is 10.5. The Hall–Kier alpha value is -1.10. The lowest BCUT2D eigenvalue weighted by Crippen LogP contribution is -2.45. The van der Waals surface area contributed by atoms with Crippen LogP contribution in [0.1, 0.15) is 34.1 Å². The number of rotatable bonds is 7. The lowest BCUT2D eigenvalue weighted by molar-refractivity contribution is -0.146. The molecule has 2 N–H and O–H groups in total. The average molecular weight is 230 g/mol. The fraction of sp³-hybridized carbons (Fsp3) is 0.818. The topological polar surface area (TPSA) is 67.4 Å². The molecule has 0 aromatic carbocycles. The minimum Gasteiger partial charge on any atom is -0.464 e. The van der Waals surface area contributed by atoms with Gasteiger partial charge in [-0.2, -0.15) is 0 Å². The third kappa shape index (κ3) is 6.40. The molecule has 5 heteroatoms. The van der Waals surface area contributed by atoms with Gasteiger partial charge in [0.2, 0.25) is 5.91 Å². The van der Waals surface area contributed by atoms with E-state index in [9.17, 15) is 9.59 Å². The largest absolute Gasteiger partial charge is 0.464 e. The van der Waals surface area contributed by atoms with Crippen molar-refractivity contribution in [3.05, 3.63) is 0 Å². The summed E-state index contributed by atoms with van der Waals surface area (Å²) in [6.07, 6.45) is 0.959. The van der Waals surface area contributed by atoms with Crippen LogP contribution in [0, 0.1) is 0 Å². The van der Waals surface area contributed by atoms with E-state index in [1.54, 1.807) is 13.8 Å². The molecule has 0 saturated heterocycles. The third-order valence-electron chi connectivity index (χ3n) is 2.24. The Kier molecular flexibility index (Phi) is 7.54. The molecule has 0 heterocycles. The molecule has 0 aliphatic carbocycles. The molecular weight excluding hydrogens is 208 g/mol. The number of hydrogen-bond donors (Lipinski definition) is 2. The first-order valence-corrected chi connectivity index (χ1v) is 5.70. The number of carbonyl (C=O) groups is 2. The van der Waals surface area contributed by atoms with Crippen LogP contribution in [0.3, 0.4) is 0 Å². The summed E-state index contributed by atoms with van der Waals surface area (Å²) >= 11 is 0. The Balaban J connectivity index is 3.82. The highest BCUT2D eigenvalue weighted by Crippen LogP contribution is 1.89. The van der Waals surface area contributed by atoms with Gasteiger partial charge in [-0.05, 0) is 27.2 Å². The van der Waals surface area contributed by atoms with Gasteiger partial charge in [-0.25, -0.2) is 4.79 Å². The standard InChI is InChI=1S/C11H22N2O3/c1-5-8(3)12-7-10(14)13-9(4)11(15)16-6-2/h8-9,12H,5-7H2,1-4H3,(H,13,14). The second-order valence-corrected chi connectivity index (χ2v) is 3.73. The van der Waals surface area contributed by atoms with Gasteiger partial charge in [0, 0.05) is 6.04 Å². The summed E-state index contributed by atoms with van der Waals surface area (Å²) in [5, 5.41) is 5.61. The summed E-state index contributed by atoms with van der Waals surface area (Å²) in [5.41, 5.74) is 0. The first kappa shape index (κ1) is 14.9. The molecular formula is C11H22N2O3. The predicted molar refractivity (Wildman–Crippen MR) is 62.0 cm³/mol. The molecule has 94 valence electrons. The molecule has 2 atom stereocenters. The van der Waals surface area contributed by atoms with Gasteiger partial charge >= 0.3 is 5.97 Å². The molecule has 5 nitrogen and oxygen atoms in total. The van der Waals surface area contributed by atoms with Crippen molar-refractivity contribution in [2.24, 2.45) is 0 Å². The molecule has 0 rings (SSSR count). The Labute approximate surface area is 96.9 Å². The fourth-order valence-corrected chi connectivity index (χ4v) is 1.03. The maximum Gasteiger partial charge on any atom is 0.328 e. The van der Waals surface area contributed by atoms with E-state index in [1.165, 1.54) is 0 Å². The van der Waals surface area contributed by atoms with Gasteiger partial charge in [0.1, 0.15) is 6.04 Å². The smallest absolute Gasteiger partial charge is 0.328 e. The van der Waals surface area contributed by atoms with E-state index in [2.05, 4.69) is 10.6 Å². The summed E-state index contributed by atoms with van der Waals surface area (Å²) in [4.78, 5) is 22.6. The lowest BCUT2D eigenvalue weighted by Gasteiger charge is -2.14. The van der Waals surface area contributed by atoms with Crippen molar-refractivity contribution in [3.63, 3.8) is 0 Å². The van der Waals surface area contributed by atoms with Gasteiger partial charge in [0.05, 0.1) is 13.2 Å². The van der Waals surface area contributed by atoms with Crippen LogP contribution in [-0.4, -0.2) is 37.1 Å². The average Bonchev–Trinajstić information content (AvgIpc) is 2.26. The van der Waals surface area contributed by atoms with Crippen molar-refractivity contribution >= 4 is 11.9 Å². The van der Waals surface area contributed by atoms with Crippen molar-refractivity contribution in [3.8, 4) is 0 Å². The number of ether oxygens (including phenoxy) is 1. The molecule has 0 aliphatic rings. The summed E-state index contributed by atoms with van der Waals surface area (Å²) in [6.45, 7) is 7.93. The Bertz CT molecular complexity index is 231. The van der Waals surface area contributed by atoms with Crippen molar-refractivity contribution in [1.82, 2.24) is 10.6 Å². The van der Waals surface area contributed by atoms with E-state index in [1.807, 2.05) is 13.8 Å². The van der Waals surface area contributed by atoms with E-state index >= 15 is 0 Å². The maximum absolute atomic E-state index is 11.4. The highest BCUT2D eigenvalue weighted by atomic mass is 16.5. The number of hydrogen-bond acceptors (Lipinski definition) is 4. The molecule has 0 aromatic heterocycles. The van der Waals surface area contributed by atoms with Crippen LogP contribution in [0.4, 0.5) is 0 Å². The Morgan fingerprint density at radius 1 is 1.25 bits per heavy atom. The molecule has 0 aromatic rings. The van der Waals surface area contributed by atoms with Crippen molar-refractivity contribution < 1.29 is 14.3 Å². The van der Waals surface area contributed by atoms with Gasteiger partial charge in [-0.1, -0.05) is 6.92 Å². The number of carbonyl (C=O) groups excluding carboxylic acids is 2. The first-order valence-electron chi connectivity index (χ1n) is 5.70. The molecule has 0 bridgehead atoms. The van der Waals surface area contributed by atoms with Crippen LogP contribution < -0.4 is 10.6 Å². The molecule has 0 aliphatic heterocycles. The summed E-state index contributed by atoms with van der Waals surface area (Å²) in [7, 11) is 0. The van der Waals surface area contributed by atoms with E-state index in [4.69, 9.17) is 4.74 Å². The Morgan fingerprint density at radius 2 is 1.88 bits per heavy atom. The molecule has 0 radical (unpaired) electrons. The molecule has 0 fully saturated rings. The van der Waals surface area contributed by atoms with E-state index < -0.39 is 12.0 Å². The van der Waals surface area contributed by atoms with Crippen LogP contribution in [0.2, 0.25) is 0 Å². The minimum atomic E-state index is -0.591. The fourth-order valence-electron chi connectivity index (χ4n) is 1.03. The van der Waals surface area contributed by atoms with Crippen LogP contribution in [0.15, 0.2) is 0 Å². The molecule has 2 unspecified atom stereocenters. The maximum atomic E-state index is 11.4. The summed E-state index contributed by atoms with van der Waals surface area (Å²) < 4.78 is 4.78. The minimum absolute atomic E-state index is 0.194. The van der Waals surface area contributed by atoms with E-state index in [0.717, 1.165) is 6.42 Å². The number of esters is 1. The molecule has 0 saturated carbocycles. The normalized spacial score (nSPS) is 14.0. The highest BCUT2D eigenvalue weighted by Gasteiger charge is 2.16. The number of nitrogens with one attached hydrogen (secondary N) is 2. The molecule has 1 amide bonds. The van der Waals surface area contributed by atoms with Crippen LogP contribution >= 0.6 is 0 Å². The van der Waals surface area contributed by atoms with Crippen molar-refractivity contribution in [1.29, 1.82) is 0 Å². The van der Waals surface area contributed by atoms with Crippen molar-refractivity contribution in [2.45, 2.75) is 46.2 Å². The van der Waals surface area contributed by atoms with E-state index in [0.29, 0.717) is 12.6 Å². The quantitative estimate of drug-likeness (QED) is 0.623. The highest BCUT2D eigenvalue weighted by molar-refractivity contribution is 5.85. The van der Waals surface area contributed by atoms with Crippen LogP contribution in [0.25, 0.3) is 0 Å². The SMILES string of the molecule is CCOC(=O)C(C)NC(=O)CNC(C)CC. The second kappa shape index (κ2) is 8.10. The molecule has 16 heavy (non-hydrogen) atoms. The second-order valence-electron chi connectivity index (χ2n) is 3.73. The van der Waals surface area contributed by atoms with Gasteiger partial charge in [0.15, 0.2) is 0 Å². The predicted octanol–water partition coefficient (Wildman–Crippen LogP) is 0.442. The zero-order chi connectivity index (χ0) is 12.6. The van der Waals surface area contributed by atoms with Gasteiger partial charge < -0.3 is 15.4 Å². The monoisotopic (exact) mass is 230 g/mol. The molecule has 0 spiro atoms. The van der Waals surface area contributed by atoms with Crippen molar-refractivity contribution in [2.75, 3.05) is 13.2 Å². The van der Waals surface area contributed by atoms with Crippen LogP contribution in [0.5, 0.6) is 0 Å². The third-order valence-corrected chi connectivity index (χ3v) is 2.24. The van der Waals surface area contributed by atoms with Gasteiger partial charge in [-0.15, -0.1) is 0 Å². The summed E-state index contributed by atoms with van der Waals surface area (Å²) in [5.74, 6) is -0.597. The zero-order valence-electron chi connectivity index (χ0n) is 10.5. The summed E-state index contributed by atoms with van der Waals surface area (Å²) in [6, 6.07) is -0.296.